The van der Waals surface area contributed by atoms with Gasteiger partial charge in [-0.15, -0.1) is 0 Å². The lowest BCUT2D eigenvalue weighted by atomic mass is 9.88. The molecule has 0 saturated carbocycles. The van der Waals surface area contributed by atoms with Gasteiger partial charge < -0.3 is 14.8 Å². The number of methoxy groups -OCH3 is 1. The summed E-state index contributed by atoms with van der Waals surface area (Å²) in [5, 5.41) is 2.88. The summed E-state index contributed by atoms with van der Waals surface area (Å²) in [6, 6.07) is 18.4. The van der Waals surface area contributed by atoms with E-state index in [-0.39, 0.29) is 24.7 Å². The molecule has 3 aromatic carbocycles. The number of nitrogens with zero attached hydrogens (tertiary/aromatic N) is 1. The Morgan fingerprint density at radius 2 is 1.79 bits per heavy atom. The van der Waals surface area contributed by atoms with Crippen molar-refractivity contribution in [3.63, 3.8) is 0 Å². The molecular weight excluding hydrogens is 619 g/mol. The predicted octanol–water partition coefficient (Wildman–Crippen LogP) is 7.30. The van der Waals surface area contributed by atoms with Crippen molar-refractivity contribution in [2.75, 3.05) is 13.9 Å². The molecule has 0 aliphatic carbocycles. The van der Waals surface area contributed by atoms with E-state index in [0.29, 0.717) is 26.9 Å². The molecule has 0 aromatic heterocycles. The van der Waals surface area contributed by atoms with Crippen LogP contribution in [0.3, 0.4) is 0 Å². The van der Waals surface area contributed by atoms with Crippen molar-refractivity contribution in [3.8, 4) is 0 Å². The number of halogens is 3. The Hall–Kier alpha value is -2.85. The number of benzene rings is 3. The number of carbonyl (C=O) groups excluding carboxylic acids is 2. The molecule has 6 nitrogen and oxygen atoms in total. The van der Waals surface area contributed by atoms with E-state index in [4.69, 9.17) is 9.47 Å². The minimum absolute atomic E-state index is 0.0562. The standard InChI is InChI=1S/C29H27Br2FN2O4/c1-17(35)26-27(23-13-24(31)22(14-25(23)32)18(2)38-16-37-3)33-29(36)34(15-19-7-5-4-6-8-19)28(26)20-9-11-21(30)12-10-20/h4-14,18,27H,15-16H2,1-3H3,(H,33,36). The van der Waals surface area contributed by atoms with Gasteiger partial charge in [0.15, 0.2) is 5.78 Å². The maximum absolute atomic E-state index is 15.7. The second-order valence-electron chi connectivity index (χ2n) is 8.89. The molecule has 1 heterocycles. The van der Waals surface area contributed by atoms with Crippen LogP contribution in [0.5, 0.6) is 0 Å². The molecule has 2 atom stereocenters. The van der Waals surface area contributed by atoms with Crippen molar-refractivity contribution in [1.29, 1.82) is 0 Å². The van der Waals surface area contributed by atoms with Gasteiger partial charge >= 0.3 is 6.03 Å². The molecule has 198 valence electrons. The quantitative estimate of drug-likeness (QED) is 0.248. The Labute approximate surface area is 238 Å². The third kappa shape index (κ3) is 6.07. The van der Waals surface area contributed by atoms with Crippen molar-refractivity contribution in [3.05, 3.63) is 109 Å². The highest BCUT2D eigenvalue weighted by atomic mass is 79.9. The molecule has 3 aromatic rings. The van der Waals surface area contributed by atoms with Gasteiger partial charge in [0.2, 0.25) is 0 Å². The van der Waals surface area contributed by atoms with Gasteiger partial charge in [0.05, 0.1) is 24.4 Å². The Kier molecular flexibility index (Phi) is 9.15. The van der Waals surface area contributed by atoms with Crippen molar-refractivity contribution >= 4 is 49.4 Å². The van der Waals surface area contributed by atoms with Crippen LogP contribution in [-0.2, 0) is 20.8 Å². The summed E-state index contributed by atoms with van der Waals surface area (Å²) < 4.78 is 27.6. The highest BCUT2D eigenvalue weighted by Gasteiger charge is 2.38. The van der Waals surface area contributed by atoms with Crippen LogP contribution in [0.25, 0.3) is 5.70 Å². The van der Waals surface area contributed by atoms with Gasteiger partial charge in [0.25, 0.3) is 0 Å². The van der Waals surface area contributed by atoms with E-state index < -0.39 is 24.0 Å². The minimum atomic E-state index is -0.994. The number of Topliss-reactive ketones (excluding diaryl/α,β-unsaturated/α-hetero) is 1. The summed E-state index contributed by atoms with van der Waals surface area (Å²) in [7, 11) is 1.51. The monoisotopic (exact) mass is 644 g/mol. The number of nitrogens with one attached hydrogen (secondary N) is 1. The number of amides is 2. The number of ketones is 1. The fourth-order valence-electron chi connectivity index (χ4n) is 4.47. The molecule has 38 heavy (non-hydrogen) atoms. The van der Waals surface area contributed by atoms with E-state index in [1.54, 1.807) is 13.0 Å². The Bertz CT molecular complexity index is 1360. The fraction of sp³-hybridized carbons (Fsp3) is 0.241. The van der Waals surface area contributed by atoms with Crippen LogP contribution in [0.2, 0.25) is 0 Å². The fourth-order valence-corrected chi connectivity index (χ4v) is 5.41. The molecule has 0 spiro atoms. The third-order valence-corrected chi connectivity index (χ3v) is 7.52. The van der Waals surface area contributed by atoms with Crippen LogP contribution in [0.1, 0.15) is 48.2 Å². The van der Waals surface area contributed by atoms with E-state index in [2.05, 4.69) is 37.2 Å². The lowest BCUT2D eigenvalue weighted by Crippen LogP contribution is -2.47. The SMILES string of the molecule is COCOC(C)c1cc(F)c(C2NC(=O)N(Cc3ccccc3)C(c3ccc(Br)cc3)=C2C(C)=O)cc1Br. The average molecular weight is 646 g/mol. The first-order valence-electron chi connectivity index (χ1n) is 11.9. The smallest absolute Gasteiger partial charge is 0.322 e. The van der Waals surface area contributed by atoms with E-state index in [0.717, 1.165) is 10.0 Å². The first-order valence-corrected chi connectivity index (χ1v) is 13.5. The molecule has 2 unspecified atom stereocenters. The number of hydrogen-bond acceptors (Lipinski definition) is 4. The molecule has 0 fully saturated rings. The summed E-state index contributed by atoms with van der Waals surface area (Å²) in [5.41, 5.74) is 3.06. The van der Waals surface area contributed by atoms with Crippen LogP contribution >= 0.6 is 31.9 Å². The molecular formula is C29H27Br2FN2O4. The molecule has 1 aliphatic rings. The van der Waals surface area contributed by atoms with Crippen molar-refractivity contribution in [1.82, 2.24) is 10.2 Å². The van der Waals surface area contributed by atoms with Crippen LogP contribution in [-0.4, -0.2) is 30.6 Å². The van der Waals surface area contributed by atoms with Crippen molar-refractivity contribution in [2.45, 2.75) is 32.5 Å². The predicted molar refractivity (Wildman–Crippen MR) is 150 cm³/mol. The van der Waals surface area contributed by atoms with E-state index in [9.17, 15) is 9.59 Å². The molecule has 9 heteroatoms. The van der Waals surface area contributed by atoms with Crippen molar-refractivity contribution in [2.24, 2.45) is 0 Å². The van der Waals surface area contributed by atoms with Gasteiger partial charge in [-0.1, -0.05) is 74.3 Å². The van der Waals surface area contributed by atoms with Gasteiger partial charge in [0.1, 0.15) is 12.6 Å². The summed E-state index contributed by atoms with van der Waals surface area (Å²) in [6.07, 6.45) is -0.448. The molecule has 1 N–H and O–H groups in total. The average Bonchev–Trinajstić information content (AvgIpc) is 2.90. The van der Waals surface area contributed by atoms with Gasteiger partial charge in [-0.25, -0.2) is 9.18 Å². The zero-order chi connectivity index (χ0) is 27.4. The number of urea groups is 1. The van der Waals surface area contributed by atoms with Crippen LogP contribution in [0, 0.1) is 5.82 Å². The topological polar surface area (TPSA) is 67.9 Å². The van der Waals surface area contributed by atoms with Gasteiger partial charge in [-0.2, -0.15) is 0 Å². The molecule has 0 radical (unpaired) electrons. The molecule has 2 amide bonds. The largest absolute Gasteiger partial charge is 0.359 e. The molecule has 0 bridgehead atoms. The summed E-state index contributed by atoms with van der Waals surface area (Å²) in [4.78, 5) is 28.3. The Balaban J connectivity index is 1.87. The highest BCUT2D eigenvalue weighted by molar-refractivity contribution is 9.10. The zero-order valence-electron chi connectivity index (χ0n) is 21.1. The maximum atomic E-state index is 15.7. The van der Waals surface area contributed by atoms with Gasteiger partial charge in [-0.3, -0.25) is 9.69 Å². The van der Waals surface area contributed by atoms with Crippen LogP contribution in [0.4, 0.5) is 9.18 Å². The number of hydrogen-bond donors (Lipinski definition) is 1. The highest BCUT2D eigenvalue weighted by Crippen LogP contribution is 2.40. The third-order valence-electron chi connectivity index (χ3n) is 6.31. The van der Waals surface area contributed by atoms with Crippen molar-refractivity contribution < 1.29 is 23.5 Å². The zero-order valence-corrected chi connectivity index (χ0v) is 24.3. The van der Waals surface area contributed by atoms with Gasteiger partial charge in [-0.05, 0) is 54.8 Å². The first-order chi connectivity index (χ1) is 18.2. The van der Waals surface area contributed by atoms with Crippen LogP contribution < -0.4 is 5.32 Å². The number of ether oxygens (including phenoxy) is 2. The second kappa shape index (κ2) is 12.3. The summed E-state index contributed by atoms with van der Waals surface area (Å²) in [5.74, 6) is -0.839. The van der Waals surface area contributed by atoms with E-state index in [1.165, 1.54) is 25.0 Å². The first kappa shape index (κ1) is 28.2. The van der Waals surface area contributed by atoms with E-state index in [1.807, 2.05) is 54.6 Å². The van der Waals surface area contributed by atoms with E-state index >= 15 is 4.39 Å². The Morgan fingerprint density at radius 3 is 2.42 bits per heavy atom. The molecule has 4 rings (SSSR count). The molecule has 1 aliphatic heterocycles. The summed E-state index contributed by atoms with van der Waals surface area (Å²) in [6.45, 7) is 3.51. The second-order valence-corrected chi connectivity index (χ2v) is 10.7. The lowest BCUT2D eigenvalue weighted by molar-refractivity contribution is -0.114. The Morgan fingerprint density at radius 1 is 1.11 bits per heavy atom. The number of rotatable bonds is 9. The maximum Gasteiger partial charge on any atom is 0.322 e. The summed E-state index contributed by atoms with van der Waals surface area (Å²) >= 11 is 6.97. The number of carbonyl (C=O) groups is 2. The lowest BCUT2D eigenvalue weighted by Gasteiger charge is -2.37. The van der Waals surface area contributed by atoms with Gasteiger partial charge in [0, 0.05) is 27.2 Å². The minimum Gasteiger partial charge on any atom is -0.359 e. The molecule has 0 saturated heterocycles. The van der Waals surface area contributed by atoms with Crippen LogP contribution in [0.15, 0.2) is 81.2 Å². The normalized spacial score (nSPS) is 16.4.